The van der Waals surface area contributed by atoms with Gasteiger partial charge in [0, 0.05) is 17.8 Å². The van der Waals surface area contributed by atoms with Gasteiger partial charge in [-0.3, -0.25) is 9.59 Å². The lowest BCUT2D eigenvalue weighted by molar-refractivity contribution is 0.0979. The summed E-state index contributed by atoms with van der Waals surface area (Å²) in [6.07, 6.45) is 3.26. The maximum absolute atomic E-state index is 13.5. The molecule has 3 aromatic rings. The van der Waals surface area contributed by atoms with Crippen LogP contribution in [0.5, 0.6) is 5.75 Å². The van der Waals surface area contributed by atoms with Gasteiger partial charge in [0.2, 0.25) is 0 Å². The average molecular weight is 404 g/mol. The van der Waals surface area contributed by atoms with Crippen LogP contribution in [0.2, 0.25) is 0 Å². The zero-order chi connectivity index (χ0) is 21.3. The van der Waals surface area contributed by atoms with Gasteiger partial charge in [-0.25, -0.2) is 0 Å². The Kier molecular flexibility index (Phi) is 5.31. The quantitative estimate of drug-likeness (QED) is 0.681. The van der Waals surface area contributed by atoms with Crippen molar-refractivity contribution < 1.29 is 18.7 Å². The lowest BCUT2D eigenvalue weighted by Crippen LogP contribution is -2.36. The second-order valence-corrected chi connectivity index (χ2v) is 7.43. The maximum atomic E-state index is 13.5. The van der Waals surface area contributed by atoms with Crippen LogP contribution in [0.1, 0.15) is 44.0 Å². The van der Waals surface area contributed by atoms with Crippen molar-refractivity contribution >= 4 is 23.2 Å². The number of fused-ring (bicyclic) bond motifs is 1. The smallest absolute Gasteiger partial charge is 0.291 e. The van der Waals surface area contributed by atoms with E-state index in [1.165, 1.54) is 6.26 Å². The van der Waals surface area contributed by atoms with E-state index in [9.17, 15) is 9.59 Å². The largest absolute Gasteiger partial charge is 0.495 e. The van der Waals surface area contributed by atoms with E-state index in [2.05, 4.69) is 12.2 Å². The average Bonchev–Trinajstić information content (AvgIpc) is 3.30. The molecule has 0 aliphatic carbocycles. The van der Waals surface area contributed by atoms with Crippen LogP contribution in [0.4, 0.5) is 11.4 Å². The predicted molar refractivity (Wildman–Crippen MR) is 116 cm³/mol. The SMILES string of the molecule is COc1ccc(C)c2c1N(C(=O)c1ccc(C)c(NC(=O)c3ccco3)c1)CCC2. The number of amides is 2. The van der Waals surface area contributed by atoms with Crippen LogP contribution >= 0.6 is 0 Å². The Hall–Kier alpha value is -3.54. The van der Waals surface area contributed by atoms with Gasteiger partial charge in [0.1, 0.15) is 5.75 Å². The molecule has 0 saturated heterocycles. The summed E-state index contributed by atoms with van der Waals surface area (Å²) in [6.45, 7) is 4.56. The van der Waals surface area contributed by atoms with Crippen molar-refractivity contribution in [3.63, 3.8) is 0 Å². The number of carbonyl (C=O) groups excluding carboxylic acids is 2. The maximum Gasteiger partial charge on any atom is 0.291 e. The Morgan fingerprint density at radius 2 is 1.90 bits per heavy atom. The summed E-state index contributed by atoms with van der Waals surface area (Å²) in [6, 6.07) is 12.5. The van der Waals surface area contributed by atoms with Crippen molar-refractivity contribution in [3.05, 3.63) is 76.7 Å². The van der Waals surface area contributed by atoms with Gasteiger partial charge in [0.15, 0.2) is 5.76 Å². The van der Waals surface area contributed by atoms with Crippen LogP contribution in [0.25, 0.3) is 0 Å². The number of anilines is 2. The molecule has 1 aliphatic heterocycles. The number of rotatable bonds is 4. The van der Waals surface area contributed by atoms with Gasteiger partial charge in [-0.2, -0.15) is 0 Å². The van der Waals surface area contributed by atoms with Gasteiger partial charge >= 0.3 is 0 Å². The van der Waals surface area contributed by atoms with Crippen molar-refractivity contribution in [2.24, 2.45) is 0 Å². The standard InChI is InChI=1S/C24H24N2O4/c1-15-9-11-20(29-3)22-18(15)6-4-12-26(22)24(28)17-10-8-16(2)19(14-17)25-23(27)21-7-5-13-30-21/h5,7-11,13-14H,4,6,12H2,1-3H3,(H,25,27). The number of nitrogens with zero attached hydrogens (tertiary/aromatic N) is 1. The van der Waals surface area contributed by atoms with E-state index in [4.69, 9.17) is 9.15 Å². The summed E-state index contributed by atoms with van der Waals surface area (Å²) in [5, 5.41) is 2.83. The molecule has 4 rings (SSSR count). The first-order chi connectivity index (χ1) is 14.5. The van der Waals surface area contributed by atoms with Gasteiger partial charge in [0.05, 0.1) is 19.1 Å². The third kappa shape index (κ3) is 3.56. The first kappa shape index (κ1) is 19.8. The number of benzene rings is 2. The number of carbonyl (C=O) groups is 2. The van der Waals surface area contributed by atoms with Crippen molar-refractivity contribution in [1.29, 1.82) is 0 Å². The van der Waals surface area contributed by atoms with Gasteiger partial charge in [-0.15, -0.1) is 0 Å². The molecule has 0 fully saturated rings. The van der Waals surface area contributed by atoms with Gasteiger partial charge in [-0.1, -0.05) is 12.1 Å². The molecule has 1 aromatic heterocycles. The normalized spacial score (nSPS) is 13.0. The molecule has 2 amide bonds. The highest BCUT2D eigenvalue weighted by molar-refractivity contribution is 6.09. The molecule has 1 N–H and O–H groups in total. The molecule has 1 aliphatic rings. The van der Waals surface area contributed by atoms with Crippen LogP contribution in [-0.4, -0.2) is 25.5 Å². The summed E-state index contributed by atoms with van der Waals surface area (Å²) in [5.41, 5.74) is 5.09. The van der Waals surface area contributed by atoms with Crippen LogP contribution in [0.15, 0.2) is 53.1 Å². The van der Waals surface area contributed by atoms with Crippen LogP contribution in [0.3, 0.4) is 0 Å². The van der Waals surface area contributed by atoms with E-state index in [-0.39, 0.29) is 17.6 Å². The van der Waals surface area contributed by atoms with Gasteiger partial charge in [0.25, 0.3) is 11.8 Å². The Balaban J connectivity index is 1.67. The van der Waals surface area contributed by atoms with E-state index < -0.39 is 0 Å². The lowest BCUT2D eigenvalue weighted by atomic mass is 9.95. The number of furan rings is 1. The minimum atomic E-state index is -0.353. The lowest BCUT2D eigenvalue weighted by Gasteiger charge is -2.32. The van der Waals surface area contributed by atoms with Crippen LogP contribution in [0, 0.1) is 13.8 Å². The fourth-order valence-corrected chi connectivity index (χ4v) is 3.86. The molecule has 0 radical (unpaired) electrons. The number of hydrogen-bond acceptors (Lipinski definition) is 4. The van der Waals surface area contributed by atoms with Gasteiger partial charge in [-0.05, 0) is 73.7 Å². The highest BCUT2D eigenvalue weighted by atomic mass is 16.5. The fraction of sp³-hybridized carbons (Fsp3) is 0.250. The minimum absolute atomic E-state index is 0.117. The molecule has 6 heteroatoms. The number of nitrogens with one attached hydrogen (secondary N) is 1. The van der Waals surface area contributed by atoms with Crippen LogP contribution < -0.4 is 15.0 Å². The van der Waals surface area contributed by atoms with Gasteiger partial charge < -0.3 is 19.4 Å². The monoisotopic (exact) mass is 404 g/mol. The molecule has 0 bridgehead atoms. The molecule has 2 aromatic carbocycles. The second-order valence-electron chi connectivity index (χ2n) is 7.43. The van der Waals surface area contributed by atoms with Crippen molar-refractivity contribution in [2.45, 2.75) is 26.7 Å². The first-order valence-electron chi connectivity index (χ1n) is 9.93. The summed E-state index contributed by atoms with van der Waals surface area (Å²) in [4.78, 5) is 27.6. The molecule has 2 heterocycles. The molecular formula is C24H24N2O4. The first-order valence-corrected chi connectivity index (χ1v) is 9.93. The highest BCUT2D eigenvalue weighted by Gasteiger charge is 2.28. The summed E-state index contributed by atoms with van der Waals surface area (Å²) in [7, 11) is 1.62. The highest BCUT2D eigenvalue weighted by Crippen LogP contribution is 2.39. The molecule has 0 spiro atoms. The Morgan fingerprint density at radius 1 is 1.10 bits per heavy atom. The number of hydrogen-bond donors (Lipinski definition) is 1. The molecule has 6 nitrogen and oxygen atoms in total. The zero-order valence-corrected chi connectivity index (χ0v) is 17.3. The van der Waals surface area contributed by atoms with E-state index in [0.717, 1.165) is 35.2 Å². The third-order valence-corrected chi connectivity index (χ3v) is 5.50. The second kappa shape index (κ2) is 8.06. The molecule has 30 heavy (non-hydrogen) atoms. The predicted octanol–water partition coefficient (Wildman–Crippen LogP) is 4.75. The van der Waals surface area contributed by atoms with Crippen molar-refractivity contribution in [1.82, 2.24) is 0 Å². The van der Waals surface area contributed by atoms with Crippen molar-refractivity contribution in [3.8, 4) is 5.75 Å². The number of methoxy groups -OCH3 is 1. The fourth-order valence-electron chi connectivity index (χ4n) is 3.86. The zero-order valence-electron chi connectivity index (χ0n) is 17.3. The Labute approximate surface area is 175 Å². The molecular weight excluding hydrogens is 380 g/mol. The molecule has 0 atom stereocenters. The van der Waals surface area contributed by atoms with E-state index in [1.807, 2.05) is 25.1 Å². The molecule has 0 saturated carbocycles. The van der Waals surface area contributed by atoms with E-state index in [1.54, 1.807) is 36.3 Å². The Morgan fingerprint density at radius 3 is 2.63 bits per heavy atom. The Bertz CT molecular complexity index is 1100. The van der Waals surface area contributed by atoms with Crippen molar-refractivity contribution in [2.75, 3.05) is 23.9 Å². The summed E-state index contributed by atoms with van der Waals surface area (Å²) >= 11 is 0. The number of aryl methyl sites for hydroxylation is 2. The number of ether oxygens (including phenoxy) is 1. The minimum Gasteiger partial charge on any atom is -0.495 e. The van der Waals surface area contributed by atoms with E-state index in [0.29, 0.717) is 23.5 Å². The van der Waals surface area contributed by atoms with E-state index >= 15 is 0 Å². The summed E-state index contributed by atoms with van der Waals surface area (Å²) < 4.78 is 10.7. The molecule has 0 unspecified atom stereocenters. The topological polar surface area (TPSA) is 71.8 Å². The summed E-state index contributed by atoms with van der Waals surface area (Å²) in [5.74, 6) is 0.445. The third-order valence-electron chi connectivity index (χ3n) is 5.50. The van der Waals surface area contributed by atoms with Crippen LogP contribution in [-0.2, 0) is 6.42 Å². The molecule has 154 valence electrons.